The third-order valence-electron chi connectivity index (χ3n) is 5.42. The van der Waals surface area contributed by atoms with Gasteiger partial charge in [0.15, 0.2) is 6.29 Å². The Morgan fingerprint density at radius 3 is 2.68 bits per heavy atom. The Morgan fingerprint density at radius 2 is 1.94 bits per heavy atom. The molecule has 0 radical (unpaired) electrons. The van der Waals surface area contributed by atoms with Gasteiger partial charge in [-0.1, -0.05) is 42.5 Å². The monoisotopic (exact) mass is 479 g/mol. The number of pyridine rings is 1. The molecule has 178 valence electrons. The van der Waals surface area contributed by atoms with E-state index in [0.717, 1.165) is 27.5 Å². The number of ether oxygens (including phenoxy) is 2. The van der Waals surface area contributed by atoms with Crippen molar-refractivity contribution in [3.8, 4) is 0 Å². The molecule has 1 fully saturated rings. The van der Waals surface area contributed by atoms with Crippen LogP contribution in [-0.2, 0) is 16.1 Å². The minimum absolute atomic E-state index is 0.00623. The van der Waals surface area contributed by atoms with Crippen LogP contribution in [0.4, 0.5) is 10.5 Å². The fourth-order valence-corrected chi connectivity index (χ4v) is 4.61. The lowest BCUT2D eigenvalue weighted by Crippen LogP contribution is -2.31. The first-order valence-corrected chi connectivity index (χ1v) is 12.3. The molecular weight excluding hydrogens is 450 g/mol. The largest absolute Gasteiger partial charge is 0.392 e. The van der Waals surface area contributed by atoms with Gasteiger partial charge >= 0.3 is 6.03 Å². The second-order valence-electron chi connectivity index (χ2n) is 7.94. The van der Waals surface area contributed by atoms with Crippen LogP contribution < -0.4 is 10.6 Å². The van der Waals surface area contributed by atoms with Crippen LogP contribution in [0.1, 0.15) is 42.4 Å². The predicted octanol–water partition coefficient (Wildman–Crippen LogP) is 5.05. The Bertz CT molecular complexity index is 1070. The van der Waals surface area contributed by atoms with Gasteiger partial charge in [0.05, 0.1) is 23.8 Å². The smallest absolute Gasteiger partial charge is 0.319 e. The molecule has 1 aliphatic heterocycles. The maximum absolute atomic E-state index is 12.0. The van der Waals surface area contributed by atoms with Gasteiger partial charge in [-0.25, -0.2) is 9.78 Å². The fourth-order valence-electron chi connectivity index (χ4n) is 3.73. The molecule has 0 aliphatic carbocycles. The summed E-state index contributed by atoms with van der Waals surface area (Å²) in [7, 11) is 0. The van der Waals surface area contributed by atoms with E-state index in [-0.39, 0.29) is 24.8 Å². The molecule has 34 heavy (non-hydrogen) atoms. The van der Waals surface area contributed by atoms with E-state index in [1.165, 1.54) is 0 Å². The summed E-state index contributed by atoms with van der Waals surface area (Å²) in [6.45, 7) is 2.43. The van der Waals surface area contributed by atoms with Gasteiger partial charge in [-0.2, -0.15) is 0 Å². The predicted molar refractivity (Wildman–Crippen MR) is 133 cm³/mol. The van der Waals surface area contributed by atoms with Crippen molar-refractivity contribution < 1.29 is 19.4 Å². The van der Waals surface area contributed by atoms with Crippen molar-refractivity contribution in [2.24, 2.45) is 0 Å². The zero-order valence-electron chi connectivity index (χ0n) is 19.0. The molecule has 0 saturated carbocycles. The molecule has 3 atom stereocenters. The van der Waals surface area contributed by atoms with E-state index in [1.807, 2.05) is 73.7 Å². The van der Waals surface area contributed by atoms with Gasteiger partial charge in [0, 0.05) is 36.2 Å². The summed E-state index contributed by atoms with van der Waals surface area (Å²) in [4.78, 5) is 16.3. The molecule has 2 aromatic carbocycles. The van der Waals surface area contributed by atoms with Gasteiger partial charge in [-0.15, -0.1) is 11.8 Å². The van der Waals surface area contributed by atoms with E-state index in [9.17, 15) is 9.90 Å². The Kier molecular flexibility index (Phi) is 8.54. The molecule has 1 aromatic heterocycles. The molecule has 7 nitrogen and oxygen atoms in total. The van der Waals surface area contributed by atoms with Crippen LogP contribution in [0.15, 0.2) is 78.0 Å². The van der Waals surface area contributed by atoms with Crippen LogP contribution in [-0.4, -0.2) is 34.5 Å². The number of rotatable bonds is 8. The summed E-state index contributed by atoms with van der Waals surface area (Å²) < 4.78 is 12.7. The molecule has 3 aromatic rings. The highest BCUT2D eigenvalue weighted by Gasteiger charge is 2.32. The number of hydrogen-bond donors (Lipinski definition) is 3. The minimum atomic E-state index is -0.582. The molecule has 1 unspecified atom stereocenters. The number of thioether (sulfide) groups is 1. The first-order chi connectivity index (χ1) is 16.6. The topological polar surface area (TPSA) is 92.7 Å². The highest BCUT2D eigenvalue weighted by atomic mass is 32.2. The number of carbonyl (C=O) groups excluding carboxylic acids is 1. The Morgan fingerprint density at radius 1 is 1.09 bits per heavy atom. The highest BCUT2D eigenvalue weighted by molar-refractivity contribution is 7.99. The van der Waals surface area contributed by atoms with E-state index in [0.29, 0.717) is 18.7 Å². The van der Waals surface area contributed by atoms with Crippen molar-refractivity contribution >= 4 is 23.5 Å². The molecular formula is C26H29N3O4S. The number of nitrogens with zero attached hydrogens (tertiary/aromatic N) is 1. The maximum Gasteiger partial charge on any atom is 0.319 e. The van der Waals surface area contributed by atoms with Crippen LogP contribution in [0.5, 0.6) is 0 Å². The fraction of sp³-hybridized carbons (Fsp3) is 0.308. The summed E-state index contributed by atoms with van der Waals surface area (Å²) >= 11 is 1.65. The lowest BCUT2D eigenvalue weighted by molar-refractivity contribution is -0.245. The van der Waals surface area contributed by atoms with E-state index in [4.69, 9.17) is 9.47 Å². The normalized spacial score (nSPS) is 20.0. The standard InChI is InChI=1S/C26H29N3O4S/c1-2-27-26(31)29-21-7-5-6-20(14-21)25-32-22(17-34-24-8-3-4-13-28-24)15-23(33-25)19-11-9-18(16-30)10-12-19/h3-14,22-23,25,30H,2,15-17H2,1H3,(H2,27,29,31)/t22-,23+,25?/m0/s1. The quantitative estimate of drug-likeness (QED) is 0.392. The minimum Gasteiger partial charge on any atom is -0.392 e. The van der Waals surface area contributed by atoms with Gasteiger partial charge in [0.2, 0.25) is 0 Å². The van der Waals surface area contributed by atoms with Crippen LogP contribution in [0.25, 0.3) is 0 Å². The van der Waals surface area contributed by atoms with Gasteiger partial charge in [0.1, 0.15) is 0 Å². The Labute approximate surface area is 203 Å². The molecule has 0 bridgehead atoms. The lowest BCUT2D eigenvalue weighted by atomic mass is 10.0. The van der Waals surface area contributed by atoms with E-state index < -0.39 is 6.29 Å². The van der Waals surface area contributed by atoms with Crippen molar-refractivity contribution in [3.05, 3.63) is 89.6 Å². The number of aliphatic hydroxyl groups is 1. The zero-order valence-corrected chi connectivity index (χ0v) is 19.8. The summed E-state index contributed by atoms with van der Waals surface area (Å²) in [5.74, 6) is 0.735. The number of carbonyl (C=O) groups is 1. The Hall–Kier alpha value is -2.91. The summed E-state index contributed by atoms with van der Waals surface area (Å²) in [5.41, 5.74) is 3.40. The second-order valence-corrected chi connectivity index (χ2v) is 8.98. The summed E-state index contributed by atoms with van der Waals surface area (Å²) in [5, 5.41) is 15.9. The summed E-state index contributed by atoms with van der Waals surface area (Å²) in [6.07, 6.45) is 1.68. The Balaban J connectivity index is 1.53. The molecule has 1 aliphatic rings. The van der Waals surface area contributed by atoms with Crippen LogP contribution in [0.3, 0.4) is 0 Å². The highest BCUT2D eigenvalue weighted by Crippen LogP contribution is 2.39. The average molecular weight is 480 g/mol. The third-order valence-corrected chi connectivity index (χ3v) is 6.50. The summed E-state index contributed by atoms with van der Waals surface area (Å²) in [6, 6.07) is 21.0. The van der Waals surface area contributed by atoms with Crippen molar-refractivity contribution in [2.45, 2.75) is 43.5 Å². The van der Waals surface area contributed by atoms with E-state index in [1.54, 1.807) is 18.0 Å². The maximum atomic E-state index is 12.0. The number of hydrogen-bond acceptors (Lipinski definition) is 6. The number of aliphatic hydroxyl groups excluding tert-OH is 1. The van der Waals surface area contributed by atoms with Gasteiger partial charge < -0.3 is 25.2 Å². The number of nitrogens with one attached hydrogen (secondary N) is 2. The number of aromatic nitrogens is 1. The van der Waals surface area contributed by atoms with Crippen molar-refractivity contribution in [1.29, 1.82) is 0 Å². The van der Waals surface area contributed by atoms with Crippen LogP contribution in [0, 0.1) is 0 Å². The molecule has 1 saturated heterocycles. The van der Waals surface area contributed by atoms with Gasteiger partial charge in [-0.05, 0) is 42.3 Å². The van der Waals surface area contributed by atoms with Crippen LogP contribution >= 0.6 is 11.8 Å². The molecule has 3 N–H and O–H groups in total. The first-order valence-electron chi connectivity index (χ1n) is 11.3. The molecule has 8 heteroatoms. The van der Waals surface area contributed by atoms with Gasteiger partial charge in [-0.3, -0.25) is 0 Å². The lowest BCUT2D eigenvalue weighted by Gasteiger charge is -2.36. The molecule has 2 heterocycles. The van der Waals surface area contributed by atoms with E-state index in [2.05, 4.69) is 15.6 Å². The molecule has 0 spiro atoms. The van der Waals surface area contributed by atoms with Crippen molar-refractivity contribution in [3.63, 3.8) is 0 Å². The number of urea groups is 1. The van der Waals surface area contributed by atoms with Crippen molar-refractivity contribution in [1.82, 2.24) is 10.3 Å². The van der Waals surface area contributed by atoms with Crippen molar-refractivity contribution in [2.75, 3.05) is 17.6 Å². The first kappa shape index (κ1) is 24.2. The number of anilines is 1. The number of amides is 2. The third kappa shape index (κ3) is 6.57. The molecule has 2 amide bonds. The van der Waals surface area contributed by atoms with Gasteiger partial charge in [0.25, 0.3) is 0 Å². The number of benzene rings is 2. The van der Waals surface area contributed by atoms with E-state index >= 15 is 0 Å². The van der Waals surface area contributed by atoms with Crippen LogP contribution in [0.2, 0.25) is 0 Å². The average Bonchev–Trinajstić information content (AvgIpc) is 2.88. The molecule has 4 rings (SSSR count). The zero-order chi connectivity index (χ0) is 23.8. The second kappa shape index (κ2) is 12.0. The SMILES string of the molecule is CCNC(=O)Nc1cccc(C2O[C@H](CSc3ccccn3)C[C@H](c3ccc(CO)cc3)O2)c1.